The van der Waals surface area contributed by atoms with Gasteiger partial charge in [-0.15, -0.1) is 11.3 Å². The summed E-state index contributed by atoms with van der Waals surface area (Å²) in [6.45, 7) is 12.7. The van der Waals surface area contributed by atoms with Gasteiger partial charge < -0.3 is 15.7 Å². The van der Waals surface area contributed by atoms with E-state index in [0.717, 1.165) is 10.4 Å². The van der Waals surface area contributed by atoms with Crippen LogP contribution in [0.15, 0.2) is 0 Å². The minimum atomic E-state index is -0.199. The zero-order valence-corrected chi connectivity index (χ0v) is 16.2. The predicted molar refractivity (Wildman–Crippen MR) is 97.5 cm³/mol. The van der Waals surface area contributed by atoms with Crippen LogP contribution < -0.4 is 10.6 Å². The summed E-state index contributed by atoms with van der Waals surface area (Å²) in [7, 11) is 0. The van der Waals surface area contributed by atoms with Crippen LogP contribution in [0, 0.1) is 30.6 Å². The largest absolute Gasteiger partial charge is 0.396 e. The van der Waals surface area contributed by atoms with Crippen LogP contribution in [0.1, 0.15) is 54.9 Å². The molecule has 1 aliphatic rings. The van der Waals surface area contributed by atoms with E-state index in [2.05, 4.69) is 38.3 Å². The number of anilines is 1. The Kier molecular flexibility index (Phi) is 5.11. The van der Waals surface area contributed by atoms with Crippen LogP contribution in [0.3, 0.4) is 0 Å². The molecule has 0 bridgehead atoms. The van der Waals surface area contributed by atoms with Crippen LogP contribution in [-0.2, 0) is 4.79 Å². The van der Waals surface area contributed by atoms with E-state index >= 15 is 0 Å². The van der Waals surface area contributed by atoms with Crippen LogP contribution in [0.5, 0.6) is 0 Å². The van der Waals surface area contributed by atoms with Crippen LogP contribution in [0.4, 0.5) is 5.00 Å². The maximum Gasteiger partial charge on any atom is 0.254 e. The summed E-state index contributed by atoms with van der Waals surface area (Å²) < 4.78 is 0. The van der Waals surface area contributed by atoms with E-state index in [1.165, 1.54) is 11.3 Å². The molecule has 1 aromatic heterocycles. The molecule has 0 aliphatic heterocycles. The van der Waals surface area contributed by atoms with Gasteiger partial charge in [-0.2, -0.15) is 0 Å². The van der Waals surface area contributed by atoms with Gasteiger partial charge in [-0.25, -0.2) is 0 Å². The Morgan fingerprint density at radius 2 is 1.75 bits per heavy atom. The van der Waals surface area contributed by atoms with Crippen molar-refractivity contribution in [1.29, 1.82) is 0 Å². The third-order valence-corrected chi connectivity index (χ3v) is 6.88. The number of carbonyl (C=O) groups is 2. The molecule has 0 radical (unpaired) electrons. The molecule has 134 valence electrons. The average molecular weight is 353 g/mol. The summed E-state index contributed by atoms with van der Waals surface area (Å²) in [6.07, 6.45) is 0.514. The summed E-state index contributed by atoms with van der Waals surface area (Å²) in [5, 5.41) is 15.2. The molecule has 2 rings (SSSR count). The number of aryl methyl sites for hydroxylation is 1. The maximum absolute atomic E-state index is 12.7. The van der Waals surface area contributed by atoms with Gasteiger partial charge in [-0.3, -0.25) is 9.59 Å². The van der Waals surface area contributed by atoms with Gasteiger partial charge in [0.15, 0.2) is 0 Å². The first-order chi connectivity index (χ1) is 11.1. The quantitative estimate of drug-likeness (QED) is 0.688. The van der Waals surface area contributed by atoms with E-state index in [9.17, 15) is 9.59 Å². The Labute approximate surface area is 147 Å². The molecule has 1 aromatic rings. The predicted octanol–water partition coefficient (Wildman–Crippen LogP) is 3.10. The number of rotatable bonds is 6. The second-order valence-corrected chi connectivity index (χ2v) is 8.91. The van der Waals surface area contributed by atoms with Crippen molar-refractivity contribution in [3.8, 4) is 0 Å². The molecule has 3 N–H and O–H groups in total. The van der Waals surface area contributed by atoms with Gasteiger partial charge in [-0.05, 0) is 36.7 Å². The number of nitrogens with one attached hydrogen (secondary N) is 2. The van der Waals surface area contributed by atoms with Crippen molar-refractivity contribution < 1.29 is 14.7 Å². The molecule has 0 saturated heterocycles. The van der Waals surface area contributed by atoms with Gasteiger partial charge in [0.05, 0.1) is 5.56 Å². The summed E-state index contributed by atoms with van der Waals surface area (Å²) in [4.78, 5) is 26.2. The van der Waals surface area contributed by atoms with Gasteiger partial charge in [0, 0.05) is 23.9 Å². The van der Waals surface area contributed by atoms with Crippen molar-refractivity contribution in [1.82, 2.24) is 5.32 Å². The molecule has 0 unspecified atom stereocenters. The number of carbonyl (C=O) groups excluding carboxylic acids is 2. The highest BCUT2D eigenvalue weighted by atomic mass is 32.1. The topological polar surface area (TPSA) is 78.4 Å². The minimum absolute atomic E-state index is 0.0179. The van der Waals surface area contributed by atoms with E-state index in [-0.39, 0.29) is 35.2 Å². The highest BCUT2D eigenvalue weighted by molar-refractivity contribution is 7.16. The maximum atomic E-state index is 12.7. The van der Waals surface area contributed by atoms with Crippen molar-refractivity contribution in [2.45, 2.75) is 48.0 Å². The molecule has 6 heteroatoms. The normalized spacial score (nSPS) is 18.3. The van der Waals surface area contributed by atoms with Crippen molar-refractivity contribution in [2.24, 2.45) is 16.7 Å². The molecule has 1 fully saturated rings. The third-order valence-electron chi connectivity index (χ3n) is 5.75. The first-order valence-electron chi connectivity index (χ1n) is 8.35. The number of amides is 2. The molecule has 24 heavy (non-hydrogen) atoms. The zero-order valence-electron chi connectivity index (χ0n) is 15.4. The molecule has 0 spiro atoms. The lowest BCUT2D eigenvalue weighted by Crippen LogP contribution is -2.27. The second-order valence-electron chi connectivity index (χ2n) is 7.69. The Morgan fingerprint density at radius 3 is 2.25 bits per heavy atom. The van der Waals surface area contributed by atoms with Crippen LogP contribution in [-0.4, -0.2) is 30.1 Å². The van der Waals surface area contributed by atoms with Crippen molar-refractivity contribution in [3.63, 3.8) is 0 Å². The van der Waals surface area contributed by atoms with E-state index < -0.39 is 0 Å². The van der Waals surface area contributed by atoms with Gasteiger partial charge >= 0.3 is 0 Å². The van der Waals surface area contributed by atoms with Crippen LogP contribution >= 0.6 is 11.3 Å². The third kappa shape index (κ3) is 3.09. The average Bonchev–Trinajstić information content (AvgIpc) is 2.71. The number of aliphatic hydroxyl groups is 1. The fraction of sp³-hybridized carbons (Fsp3) is 0.667. The number of hydrogen-bond acceptors (Lipinski definition) is 4. The van der Waals surface area contributed by atoms with Gasteiger partial charge in [-0.1, -0.05) is 27.7 Å². The molecule has 1 aliphatic carbocycles. The summed E-state index contributed by atoms with van der Waals surface area (Å²) >= 11 is 1.44. The number of hydrogen-bond donors (Lipinski definition) is 3. The molecule has 5 nitrogen and oxygen atoms in total. The summed E-state index contributed by atoms with van der Waals surface area (Å²) in [5.41, 5.74) is 1.36. The fourth-order valence-electron chi connectivity index (χ4n) is 3.39. The van der Waals surface area contributed by atoms with Crippen molar-refractivity contribution >= 4 is 28.2 Å². The zero-order chi connectivity index (χ0) is 18.3. The van der Waals surface area contributed by atoms with Crippen LogP contribution in [0.25, 0.3) is 0 Å². The Balaban J connectivity index is 2.18. The fourth-order valence-corrected chi connectivity index (χ4v) is 4.45. The Hall–Kier alpha value is -1.40. The number of thiophene rings is 1. The molecule has 0 aromatic carbocycles. The van der Waals surface area contributed by atoms with E-state index in [0.29, 0.717) is 23.5 Å². The molecular weight excluding hydrogens is 324 g/mol. The molecule has 0 atom stereocenters. The van der Waals surface area contributed by atoms with Gasteiger partial charge in [0.1, 0.15) is 5.00 Å². The number of aliphatic hydroxyl groups excluding tert-OH is 1. The standard InChI is InChI=1S/C18H28N2O3S/c1-10-11(2)24-16(12(10)14(22)19-8-7-9-21)20-15(23)13-17(3,4)18(13,5)6/h13,21H,7-9H2,1-6H3,(H,19,22)(H,20,23). The lowest BCUT2D eigenvalue weighted by molar-refractivity contribution is -0.118. The molecular formula is C18H28N2O3S. The second kappa shape index (κ2) is 6.48. The summed E-state index contributed by atoms with van der Waals surface area (Å²) in [6, 6.07) is 0. The lowest BCUT2D eigenvalue weighted by Gasteiger charge is -2.09. The van der Waals surface area contributed by atoms with Gasteiger partial charge in [0.25, 0.3) is 5.91 Å². The molecule has 1 saturated carbocycles. The molecule has 1 heterocycles. The Morgan fingerprint density at radius 1 is 1.17 bits per heavy atom. The highest BCUT2D eigenvalue weighted by Gasteiger charge is 2.68. The first kappa shape index (κ1) is 18.9. The first-order valence-corrected chi connectivity index (χ1v) is 9.17. The summed E-state index contributed by atoms with van der Waals surface area (Å²) in [5.74, 6) is -0.274. The lowest BCUT2D eigenvalue weighted by atomic mass is 10.0. The van der Waals surface area contributed by atoms with E-state index in [1.807, 2.05) is 13.8 Å². The monoisotopic (exact) mass is 352 g/mol. The van der Waals surface area contributed by atoms with Crippen LogP contribution in [0.2, 0.25) is 0 Å². The molecule has 2 amide bonds. The Bertz CT molecular complexity index is 647. The van der Waals surface area contributed by atoms with Crippen molar-refractivity contribution in [2.75, 3.05) is 18.5 Å². The SMILES string of the molecule is Cc1sc(NC(=O)C2C(C)(C)C2(C)C)c(C(=O)NCCCO)c1C. The van der Waals surface area contributed by atoms with Crippen molar-refractivity contribution in [3.05, 3.63) is 16.0 Å². The van der Waals surface area contributed by atoms with E-state index in [4.69, 9.17) is 5.11 Å². The van der Waals surface area contributed by atoms with E-state index in [1.54, 1.807) is 0 Å². The minimum Gasteiger partial charge on any atom is -0.396 e. The smallest absolute Gasteiger partial charge is 0.254 e. The highest BCUT2D eigenvalue weighted by Crippen LogP contribution is 2.68. The van der Waals surface area contributed by atoms with Gasteiger partial charge in [0.2, 0.25) is 5.91 Å².